The zero-order chi connectivity index (χ0) is 13.4. The van der Waals surface area contributed by atoms with Crippen LogP contribution in [0.25, 0.3) is 0 Å². The quantitative estimate of drug-likeness (QED) is 0.856. The number of amides is 1. The Kier molecular flexibility index (Phi) is 3.31. The molecule has 1 heterocycles. The molecule has 0 saturated heterocycles. The van der Waals surface area contributed by atoms with Crippen LogP contribution >= 0.6 is 0 Å². The van der Waals surface area contributed by atoms with Crippen molar-refractivity contribution in [3.05, 3.63) is 28.8 Å². The highest BCUT2D eigenvalue weighted by Crippen LogP contribution is 2.36. The van der Waals surface area contributed by atoms with Gasteiger partial charge in [0.25, 0.3) is 0 Å². The van der Waals surface area contributed by atoms with Gasteiger partial charge in [0.1, 0.15) is 0 Å². The topological polar surface area (TPSA) is 55.1 Å². The van der Waals surface area contributed by atoms with Crippen LogP contribution < -0.4 is 11.1 Å². The molecule has 102 valence electrons. The molecule has 2 aliphatic rings. The number of nitrogens with one attached hydrogen (secondary N) is 1. The number of anilines is 1. The molecule has 3 rings (SSSR count). The van der Waals surface area contributed by atoms with Crippen LogP contribution in [-0.4, -0.2) is 5.91 Å². The Morgan fingerprint density at radius 1 is 1.26 bits per heavy atom. The highest BCUT2D eigenvalue weighted by Gasteiger charge is 2.25. The van der Waals surface area contributed by atoms with Gasteiger partial charge in [-0.2, -0.15) is 0 Å². The summed E-state index contributed by atoms with van der Waals surface area (Å²) in [4.78, 5) is 11.5. The first-order valence-corrected chi connectivity index (χ1v) is 7.34. The van der Waals surface area contributed by atoms with Gasteiger partial charge < -0.3 is 11.1 Å². The van der Waals surface area contributed by atoms with Crippen molar-refractivity contribution in [3.8, 4) is 0 Å². The molecule has 1 fully saturated rings. The van der Waals surface area contributed by atoms with E-state index in [1.807, 2.05) is 0 Å². The number of aryl methyl sites for hydroxylation is 1. The molecule has 1 aromatic rings. The first-order valence-electron chi connectivity index (χ1n) is 7.34. The second kappa shape index (κ2) is 4.97. The first kappa shape index (κ1) is 12.7. The van der Waals surface area contributed by atoms with Gasteiger partial charge in [-0.05, 0) is 42.4 Å². The summed E-state index contributed by atoms with van der Waals surface area (Å²) >= 11 is 0. The van der Waals surface area contributed by atoms with Gasteiger partial charge >= 0.3 is 0 Å². The Morgan fingerprint density at radius 3 is 2.74 bits per heavy atom. The van der Waals surface area contributed by atoms with Crippen LogP contribution in [0, 0.1) is 12.8 Å². The number of rotatable bonds is 2. The SMILES string of the molecule is Cc1cc(C(N)C2CCCCC2)cc2c1NC(=O)C2. The minimum absolute atomic E-state index is 0.0986. The molecule has 0 radical (unpaired) electrons. The summed E-state index contributed by atoms with van der Waals surface area (Å²) < 4.78 is 0. The summed E-state index contributed by atoms with van der Waals surface area (Å²) in [5.41, 5.74) is 10.9. The van der Waals surface area contributed by atoms with E-state index in [1.165, 1.54) is 37.7 Å². The highest BCUT2D eigenvalue weighted by atomic mass is 16.1. The van der Waals surface area contributed by atoms with Gasteiger partial charge in [0.2, 0.25) is 5.91 Å². The van der Waals surface area contributed by atoms with Crippen molar-refractivity contribution < 1.29 is 4.79 Å². The Bertz CT molecular complexity index is 504. The molecule has 0 aromatic heterocycles. The summed E-state index contributed by atoms with van der Waals surface area (Å²) in [6.45, 7) is 2.06. The van der Waals surface area contributed by atoms with Crippen LogP contribution in [0.2, 0.25) is 0 Å². The van der Waals surface area contributed by atoms with Gasteiger partial charge in [0.05, 0.1) is 6.42 Å². The summed E-state index contributed by atoms with van der Waals surface area (Å²) in [6.07, 6.45) is 6.96. The number of carbonyl (C=O) groups excluding carboxylic acids is 1. The summed E-state index contributed by atoms with van der Waals surface area (Å²) in [5.74, 6) is 0.706. The molecule has 3 N–H and O–H groups in total. The third-order valence-corrected chi connectivity index (χ3v) is 4.60. The van der Waals surface area contributed by atoms with Crippen LogP contribution in [0.5, 0.6) is 0 Å². The van der Waals surface area contributed by atoms with E-state index in [1.54, 1.807) is 0 Å². The van der Waals surface area contributed by atoms with Gasteiger partial charge in [-0.3, -0.25) is 4.79 Å². The Morgan fingerprint density at radius 2 is 2.00 bits per heavy atom. The fourth-order valence-corrected chi connectivity index (χ4v) is 3.52. The van der Waals surface area contributed by atoms with Crippen molar-refractivity contribution in [1.82, 2.24) is 0 Å². The lowest BCUT2D eigenvalue weighted by Gasteiger charge is -2.28. The molecule has 1 saturated carbocycles. The molecule has 0 bridgehead atoms. The van der Waals surface area contributed by atoms with Gasteiger partial charge in [0.15, 0.2) is 0 Å². The molecule has 3 nitrogen and oxygen atoms in total. The average molecular weight is 258 g/mol. The molecule has 19 heavy (non-hydrogen) atoms. The molecule has 1 unspecified atom stereocenters. The predicted molar refractivity (Wildman–Crippen MR) is 77.0 cm³/mol. The van der Waals surface area contributed by atoms with Crippen LogP contribution in [0.1, 0.15) is 54.8 Å². The molecule has 1 atom stereocenters. The zero-order valence-electron chi connectivity index (χ0n) is 11.5. The summed E-state index contributed by atoms with van der Waals surface area (Å²) in [6, 6.07) is 4.42. The fourth-order valence-electron chi connectivity index (χ4n) is 3.52. The number of nitrogens with two attached hydrogens (primary N) is 1. The van der Waals surface area contributed by atoms with E-state index in [0.29, 0.717) is 12.3 Å². The molecular weight excluding hydrogens is 236 g/mol. The number of hydrogen-bond donors (Lipinski definition) is 2. The van der Waals surface area contributed by atoms with Crippen LogP contribution in [-0.2, 0) is 11.2 Å². The maximum absolute atomic E-state index is 11.5. The normalized spacial score (nSPS) is 21.1. The number of carbonyl (C=O) groups is 1. The Hall–Kier alpha value is -1.35. The largest absolute Gasteiger partial charge is 0.325 e. The smallest absolute Gasteiger partial charge is 0.228 e. The average Bonchev–Trinajstić information content (AvgIpc) is 2.80. The zero-order valence-corrected chi connectivity index (χ0v) is 11.5. The molecule has 1 amide bonds. The number of hydrogen-bond acceptors (Lipinski definition) is 2. The van der Waals surface area contributed by atoms with Gasteiger partial charge in [-0.15, -0.1) is 0 Å². The summed E-state index contributed by atoms with van der Waals surface area (Å²) in [5, 5.41) is 2.93. The van der Waals surface area contributed by atoms with E-state index in [-0.39, 0.29) is 11.9 Å². The molecule has 3 heteroatoms. The molecule has 1 aliphatic heterocycles. The van der Waals surface area contributed by atoms with E-state index < -0.39 is 0 Å². The molecule has 0 spiro atoms. The number of benzene rings is 1. The standard InChI is InChI=1S/C16H22N2O/c1-10-7-12(8-13-9-14(19)18-16(10)13)15(17)11-5-3-2-4-6-11/h7-8,11,15H,2-6,9,17H2,1H3,(H,18,19). The third-order valence-electron chi connectivity index (χ3n) is 4.60. The van der Waals surface area contributed by atoms with Crippen molar-refractivity contribution in [1.29, 1.82) is 0 Å². The lowest BCUT2D eigenvalue weighted by Crippen LogP contribution is -2.23. The maximum atomic E-state index is 11.5. The minimum atomic E-state index is 0.0986. The minimum Gasteiger partial charge on any atom is -0.325 e. The van der Waals surface area contributed by atoms with Crippen LogP contribution in [0.4, 0.5) is 5.69 Å². The van der Waals surface area contributed by atoms with Gasteiger partial charge in [0, 0.05) is 11.7 Å². The van der Waals surface area contributed by atoms with Gasteiger partial charge in [-0.1, -0.05) is 31.4 Å². The third kappa shape index (κ3) is 2.39. The molecule has 1 aromatic carbocycles. The van der Waals surface area contributed by atoms with Crippen molar-refractivity contribution in [2.75, 3.05) is 5.32 Å². The predicted octanol–water partition coefficient (Wildman–Crippen LogP) is 3.07. The Balaban J connectivity index is 1.87. The van der Waals surface area contributed by atoms with Crippen molar-refractivity contribution in [2.24, 2.45) is 11.7 Å². The van der Waals surface area contributed by atoms with Gasteiger partial charge in [-0.25, -0.2) is 0 Å². The highest BCUT2D eigenvalue weighted by molar-refractivity contribution is 6.00. The molecule has 1 aliphatic carbocycles. The van der Waals surface area contributed by atoms with Crippen molar-refractivity contribution in [2.45, 2.75) is 51.5 Å². The van der Waals surface area contributed by atoms with Crippen LogP contribution in [0.15, 0.2) is 12.1 Å². The van der Waals surface area contributed by atoms with E-state index in [4.69, 9.17) is 5.73 Å². The number of fused-ring (bicyclic) bond motifs is 1. The lowest BCUT2D eigenvalue weighted by molar-refractivity contribution is -0.115. The van der Waals surface area contributed by atoms with Crippen LogP contribution in [0.3, 0.4) is 0 Å². The lowest BCUT2D eigenvalue weighted by atomic mass is 9.81. The van der Waals surface area contributed by atoms with E-state index in [9.17, 15) is 4.79 Å². The van der Waals surface area contributed by atoms with Crippen molar-refractivity contribution >= 4 is 11.6 Å². The van der Waals surface area contributed by atoms with E-state index in [0.717, 1.165) is 16.8 Å². The monoisotopic (exact) mass is 258 g/mol. The second-order valence-electron chi connectivity index (χ2n) is 6.02. The maximum Gasteiger partial charge on any atom is 0.228 e. The first-order chi connectivity index (χ1) is 9.15. The second-order valence-corrected chi connectivity index (χ2v) is 6.02. The van der Waals surface area contributed by atoms with E-state index in [2.05, 4.69) is 24.4 Å². The molecular formula is C16H22N2O. The van der Waals surface area contributed by atoms with Crippen molar-refractivity contribution in [3.63, 3.8) is 0 Å². The fraction of sp³-hybridized carbons (Fsp3) is 0.562. The summed E-state index contributed by atoms with van der Waals surface area (Å²) in [7, 11) is 0. The Labute approximate surface area is 114 Å². The van der Waals surface area contributed by atoms with E-state index >= 15 is 0 Å².